The van der Waals surface area contributed by atoms with E-state index in [1.807, 2.05) is 0 Å². The van der Waals surface area contributed by atoms with Crippen molar-refractivity contribution >= 4 is 28.8 Å². The Morgan fingerprint density at radius 3 is 2.84 bits per heavy atom. The van der Waals surface area contributed by atoms with Gasteiger partial charge in [0.1, 0.15) is 10.8 Å². The number of anilines is 1. The van der Waals surface area contributed by atoms with Crippen LogP contribution in [0.15, 0.2) is 29.0 Å². The average molecular weight is 279 g/mol. The van der Waals surface area contributed by atoms with Crippen molar-refractivity contribution in [1.82, 2.24) is 4.98 Å². The lowest BCUT2D eigenvalue weighted by atomic mass is 10.1. The van der Waals surface area contributed by atoms with Crippen molar-refractivity contribution in [1.29, 1.82) is 0 Å². The minimum Gasteiger partial charge on any atom is -0.438 e. The van der Waals surface area contributed by atoms with Crippen molar-refractivity contribution in [3.05, 3.63) is 47.4 Å². The average Bonchev–Trinajstić information content (AvgIpc) is 2.77. The van der Waals surface area contributed by atoms with E-state index < -0.39 is 11.7 Å². The number of hydrogen-bond acceptors (Lipinski definition) is 4. The van der Waals surface area contributed by atoms with Gasteiger partial charge in [0.05, 0.1) is 11.4 Å². The quantitative estimate of drug-likeness (QED) is 0.840. The zero-order valence-electron chi connectivity index (χ0n) is 9.94. The van der Waals surface area contributed by atoms with Crippen LogP contribution in [0.3, 0.4) is 0 Å². The van der Waals surface area contributed by atoms with Crippen molar-refractivity contribution in [3.63, 3.8) is 0 Å². The molecule has 0 saturated carbocycles. The number of halogens is 1. The topological polar surface area (TPSA) is 81.2 Å². The number of rotatable bonds is 3. The molecule has 7 heteroatoms. The highest BCUT2D eigenvalue weighted by molar-refractivity contribution is 7.80. The number of benzene rings is 1. The first-order chi connectivity index (χ1) is 8.99. The molecule has 0 radical (unpaired) electrons. The van der Waals surface area contributed by atoms with Crippen LogP contribution >= 0.6 is 12.2 Å². The Labute approximate surface area is 113 Å². The fourth-order valence-corrected chi connectivity index (χ4v) is 1.70. The van der Waals surface area contributed by atoms with Gasteiger partial charge in [-0.15, -0.1) is 0 Å². The third-order valence-corrected chi connectivity index (χ3v) is 2.67. The van der Waals surface area contributed by atoms with Crippen LogP contribution in [0.5, 0.6) is 0 Å². The smallest absolute Gasteiger partial charge is 0.293 e. The molecule has 0 fully saturated rings. The third kappa shape index (κ3) is 2.76. The minimum absolute atomic E-state index is 0.0101. The first-order valence-electron chi connectivity index (χ1n) is 5.30. The maximum atomic E-state index is 13.1. The Morgan fingerprint density at radius 1 is 1.53 bits per heavy atom. The molecule has 0 saturated heterocycles. The molecule has 1 aromatic carbocycles. The van der Waals surface area contributed by atoms with Gasteiger partial charge in [0.2, 0.25) is 5.76 Å². The van der Waals surface area contributed by atoms with Gasteiger partial charge in [-0.25, -0.2) is 9.37 Å². The number of nitrogens with one attached hydrogen (secondary N) is 1. The highest BCUT2D eigenvalue weighted by atomic mass is 32.1. The van der Waals surface area contributed by atoms with Crippen LogP contribution in [-0.4, -0.2) is 15.9 Å². The van der Waals surface area contributed by atoms with Crippen LogP contribution in [0, 0.1) is 12.7 Å². The Bertz CT molecular complexity index is 654. The number of aromatic nitrogens is 1. The summed E-state index contributed by atoms with van der Waals surface area (Å²) in [6.07, 6.45) is 1.17. The molecule has 5 nitrogen and oxygen atoms in total. The predicted octanol–water partition coefficient (Wildman–Crippen LogP) is 2.01. The summed E-state index contributed by atoms with van der Waals surface area (Å²) in [4.78, 5) is 15.7. The van der Waals surface area contributed by atoms with E-state index in [2.05, 4.69) is 10.3 Å². The van der Waals surface area contributed by atoms with Gasteiger partial charge < -0.3 is 15.5 Å². The molecule has 1 heterocycles. The highest BCUT2D eigenvalue weighted by Crippen LogP contribution is 2.18. The van der Waals surface area contributed by atoms with Gasteiger partial charge in [-0.1, -0.05) is 12.2 Å². The van der Waals surface area contributed by atoms with E-state index in [0.717, 1.165) is 6.07 Å². The number of amides is 1. The van der Waals surface area contributed by atoms with E-state index in [-0.39, 0.29) is 16.3 Å². The highest BCUT2D eigenvalue weighted by Gasteiger charge is 2.16. The Morgan fingerprint density at radius 2 is 2.26 bits per heavy atom. The van der Waals surface area contributed by atoms with Gasteiger partial charge in [0, 0.05) is 5.56 Å². The summed E-state index contributed by atoms with van der Waals surface area (Å²) in [6.45, 7) is 1.64. The summed E-state index contributed by atoms with van der Waals surface area (Å²) in [6, 6.07) is 3.74. The number of hydrogen-bond donors (Lipinski definition) is 2. The molecule has 98 valence electrons. The van der Waals surface area contributed by atoms with Crippen LogP contribution in [-0.2, 0) is 0 Å². The number of carbonyl (C=O) groups excluding carboxylic acids is 1. The van der Waals surface area contributed by atoms with Gasteiger partial charge in [-0.2, -0.15) is 0 Å². The molecule has 0 aliphatic carbocycles. The molecular weight excluding hydrogens is 269 g/mol. The van der Waals surface area contributed by atoms with E-state index in [0.29, 0.717) is 11.4 Å². The van der Waals surface area contributed by atoms with Crippen LogP contribution in [0.25, 0.3) is 0 Å². The number of aryl methyl sites for hydroxylation is 1. The molecule has 19 heavy (non-hydrogen) atoms. The van der Waals surface area contributed by atoms with E-state index in [4.69, 9.17) is 22.4 Å². The van der Waals surface area contributed by atoms with Crippen molar-refractivity contribution in [2.24, 2.45) is 5.73 Å². The minimum atomic E-state index is -0.501. The Kier molecular flexibility index (Phi) is 3.57. The van der Waals surface area contributed by atoms with Crippen molar-refractivity contribution in [3.8, 4) is 0 Å². The molecule has 3 N–H and O–H groups in total. The zero-order chi connectivity index (χ0) is 14.0. The summed E-state index contributed by atoms with van der Waals surface area (Å²) in [5.74, 6) is -0.908. The van der Waals surface area contributed by atoms with E-state index in [1.165, 1.54) is 18.5 Å². The number of carbonyl (C=O) groups is 1. The molecule has 0 atom stereocenters. The van der Waals surface area contributed by atoms with E-state index in [9.17, 15) is 9.18 Å². The summed E-state index contributed by atoms with van der Waals surface area (Å²) in [5.41, 5.74) is 6.51. The van der Waals surface area contributed by atoms with Crippen LogP contribution in [0.2, 0.25) is 0 Å². The van der Waals surface area contributed by atoms with E-state index >= 15 is 0 Å². The summed E-state index contributed by atoms with van der Waals surface area (Å²) in [5, 5.41) is 2.56. The van der Waals surface area contributed by atoms with Gasteiger partial charge in [-0.05, 0) is 25.1 Å². The molecule has 0 aliphatic rings. The van der Waals surface area contributed by atoms with Crippen LogP contribution in [0.4, 0.5) is 10.1 Å². The summed E-state index contributed by atoms with van der Waals surface area (Å²) in [7, 11) is 0. The van der Waals surface area contributed by atoms with Crippen LogP contribution in [0.1, 0.15) is 21.8 Å². The molecular formula is C12H10FN3O2S. The second kappa shape index (κ2) is 5.15. The molecule has 0 unspecified atom stereocenters. The maximum Gasteiger partial charge on any atom is 0.293 e. The van der Waals surface area contributed by atoms with Crippen molar-refractivity contribution in [2.45, 2.75) is 6.92 Å². The summed E-state index contributed by atoms with van der Waals surface area (Å²) >= 11 is 4.81. The lowest BCUT2D eigenvalue weighted by Crippen LogP contribution is -2.18. The first-order valence-corrected chi connectivity index (χ1v) is 5.70. The molecule has 1 aromatic heterocycles. The van der Waals surface area contributed by atoms with Crippen molar-refractivity contribution in [2.75, 3.05) is 5.32 Å². The summed E-state index contributed by atoms with van der Waals surface area (Å²) < 4.78 is 18.1. The zero-order valence-corrected chi connectivity index (χ0v) is 10.8. The van der Waals surface area contributed by atoms with Gasteiger partial charge in [0.15, 0.2) is 6.39 Å². The SMILES string of the molecule is Cc1ncoc1C(=O)Nc1ccc(F)cc1C(N)=S. The Hall–Kier alpha value is -2.28. The molecule has 1 amide bonds. The molecule has 0 spiro atoms. The van der Waals surface area contributed by atoms with Crippen molar-refractivity contribution < 1.29 is 13.6 Å². The van der Waals surface area contributed by atoms with E-state index in [1.54, 1.807) is 6.92 Å². The molecule has 0 aliphatic heterocycles. The lowest BCUT2D eigenvalue weighted by Gasteiger charge is -2.09. The normalized spacial score (nSPS) is 10.2. The molecule has 0 bridgehead atoms. The number of nitrogens with zero attached hydrogens (tertiary/aromatic N) is 1. The lowest BCUT2D eigenvalue weighted by molar-refractivity contribution is 0.0996. The second-order valence-corrected chi connectivity index (χ2v) is 4.22. The van der Waals surface area contributed by atoms with Crippen LogP contribution < -0.4 is 11.1 Å². The number of thiocarbonyl (C=S) groups is 1. The fraction of sp³-hybridized carbons (Fsp3) is 0.0833. The molecule has 2 aromatic rings. The third-order valence-electron chi connectivity index (χ3n) is 2.45. The van der Waals surface area contributed by atoms with Gasteiger partial charge >= 0.3 is 0 Å². The molecule has 2 rings (SSSR count). The number of oxazole rings is 1. The maximum absolute atomic E-state index is 13.1. The Balaban J connectivity index is 2.32. The second-order valence-electron chi connectivity index (χ2n) is 3.78. The standard InChI is InChI=1S/C12H10FN3O2S/c1-6-10(18-5-15-6)12(17)16-9-3-2-7(13)4-8(9)11(14)19/h2-5H,1H3,(H2,14,19)(H,16,17). The first kappa shape index (κ1) is 13.2. The van der Waals surface area contributed by atoms with Gasteiger partial charge in [-0.3, -0.25) is 4.79 Å². The fourth-order valence-electron chi connectivity index (χ4n) is 1.53. The monoisotopic (exact) mass is 279 g/mol. The number of nitrogens with two attached hydrogens (primary N) is 1. The largest absolute Gasteiger partial charge is 0.438 e. The predicted molar refractivity (Wildman–Crippen MR) is 71.5 cm³/mol. The van der Waals surface area contributed by atoms with Gasteiger partial charge in [0.25, 0.3) is 5.91 Å².